The van der Waals surface area contributed by atoms with Crippen molar-refractivity contribution in [3.63, 3.8) is 0 Å². The number of para-hydroxylation sites is 1. The standard InChI is InChI=1S/C20H19N3O2/c24-17-10-15(11-17)19(23-20(25)13-5-7-21-8-6-13)16-9-14-3-1-2-4-18(14)22-12-16/h1-9,12,15,17,19,24H,10-11H2,(H,23,25). The van der Waals surface area contributed by atoms with Crippen molar-refractivity contribution in [2.24, 2.45) is 5.92 Å². The number of hydrogen-bond acceptors (Lipinski definition) is 4. The molecule has 4 rings (SSSR count). The Balaban J connectivity index is 1.64. The van der Waals surface area contributed by atoms with Gasteiger partial charge in [-0.05, 0) is 48.6 Å². The molecule has 0 saturated heterocycles. The fourth-order valence-corrected chi connectivity index (χ4v) is 3.36. The largest absolute Gasteiger partial charge is 0.393 e. The third kappa shape index (κ3) is 3.23. The summed E-state index contributed by atoms with van der Waals surface area (Å²) < 4.78 is 0. The van der Waals surface area contributed by atoms with E-state index in [0.717, 1.165) is 16.5 Å². The summed E-state index contributed by atoms with van der Waals surface area (Å²) in [5, 5.41) is 13.9. The molecular formula is C20H19N3O2. The zero-order valence-corrected chi connectivity index (χ0v) is 13.7. The number of aliphatic hydroxyl groups is 1. The van der Waals surface area contributed by atoms with Crippen LogP contribution in [0.15, 0.2) is 61.1 Å². The van der Waals surface area contributed by atoms with Gasteiger partial charge in [-0.3, -0.25) is 14.8 Å². The normalized spacial score (nSPS) is 20.7. The van der Waals surface area contributed by atoms with Crippen LogP contribution in [0.4, 0.5) is 0 Å². The van der Waals surface area contributed by atoms with Crippen molar-refractivity contribution in [2.75, 3.05) is 0 Å². The van der Waals surface area contributed by atoms with Gasteiger partial charge in [0.05, 0.1) is 17.7 Å². The summed E-state index contributed by atoms with van der Waals surface area (Å²) in [6.07, 6.45) is 6.13. The first-order valence-corrected chi connectivity index (χ1v) is 8.44. The van der Waals surface area contributed by atoms with E-state index in [1.54, 1.807) is 24.5 Å². The highest BCUT2D eigenvalue weighted by atomic mass is 16.3. The molecule has 2 aromatic heterocycles. The van der Waals surface area contributed by atoms with Gasteiger partial charge in [-0.2, -0.15) is 0 Å². The molecule has 0 aliphatic heterocycles. The smallest absolute Gasteiger partial charge is 0.251 e. The minimum Gasteiger partial charge on any atom is -0.393 e. The molecule has 1 saturated carbocycles. The maximum absolute atomic E-state index is 12.6. The first-order chi connectivity index (χ1) is 12.2. The molecule has 1 aromatic carbocycles. The molecule has 1 aliphatic carbocycles. The first-order valence-electron chi connectivity index (χ1n) is 8.44. The Labute approximate surface area is 145 Å². The lowest BCUT2D eigenvalue weighted by Crippen LogP contribution is -2.41. The Morgan fingerprint density at radius 3 is 2.68 bits per heavy atom. The predicted molar refractivity (Wildman–Crippen MR) is 94.9 cm³/mol. The van der Waals surface area contributed by atoms with Gasteiger partial charge in [0.1, 0.15) is 0 Å². The van der Waals surface area contributed by atoms with Crippen LogP contribution in [0.1, 0.15) is 34.8 Å². The lowest BCUT2D eigenvalue weighted by atomic mass is 9.75. The minimum absolute atomic E-state index is 0.137. The van der Waals surface area contributed by atoms with Crippen LogP contribution in [0.5, 0.6) is 0 Å². The summed E-state index contributed by atoms with van der Waals surface area (Å²) in [6.45, 7) is 0. The summed E-state index contributed by atoms with van der Waals surface area (Å²) >= 11 is 0. The molecule has 1 aliphatic rings. The number of hydrogen-bond donors (Lipinski definition) is 2. The number of benzene rings is 1. The molecule has 1 atom stereocenters. The van der Waals surface area contributed by atoms with E-state index in [2.05, 4.69) is 21.4 Å². The Kier molecular flexibility index (Phi) is 4.15. The molecule has 2 N–H and O–H groups in total. The monoisotopic (exact) mass is 333 g/mol. The Morgan fingerprint density at radius 1 is 1.16 bits per heavy atom. The number of aliphatic hydroxyl groups excluding tert-OH is 1. The van der Waals surface area contributed by atoms with E-state index in [9.17, 15) is 9.90 Å². The van der Waals surface area contributed by atoms with Gasteiger partial charge < -0.3 is 10.4 Å². The molecule has 1 unspecified atom stereocenters. The van der Waals surface area contributed by atoms with Crippen LogP contribution < -0.4 is 5.32 Å². The van der Waals surface area contributed by atoms with Crippen molar-refractivity contribution in [2.45, 2.75) is 25.0 Å². The molecule has 0 bridgehead atoms. The number of nitrogens with one attached hydrogen (secondary N) is 1. The van der Waals surface area contributed by atoms with E-state index in [4.69, 9.17) is 0 Å². The maximum Gasteiger partial charge on any atom is 0.251 e. The first kappa shape index (κ1) is 15.7. The van der Waals surface area contributed by atoms with E-state index in [1.165, 1.54) is 0 Å². The number of fused-ring (bicyclic) bond motifs is 1. The van der Waals surface area contributed by atoms with Crippen molar-refractivity contribution in [1.82, 2.24) is 15.3 Å². The van der Waals surface area contributed by atoms with Gasteiger partial charge >= 0.3 is 0 Å². The molecule has 126 valence electrons. The lowest BCUT2D eigenvalue weighted by molar-refractivity contribution is 0.0235. The minimum atomic E-state index is -0.279. The summed E-state index contributed by atoms with van der Waals surface area (Å²) in [5.74, 6) is 0.0747. The molecule has 1 fully saturated rings. The Bertz CT molecular complexity index is 892. The van der Waals surface area contributed by atoms with Gasteiger partial charge in [0.2, 0.25) is 0 Å². The van der Waals surface area contributed by atoms with Gasteiger partial charge in [-0.25, -0.2) is 0 Å². The van der Waals surface area contributed by atoms with Crippen molar-refractivity contribution in [3.05, 3.63) is 72.2 Å². The average Bonchev–Trinajstić information content (AvgIpc) is 2.64. The molecule has 5 heteroatoms. The third-order valence-corrected chi connectivity index (χ3v) is 4.82. The number of nitrogens with zero attached hydrogens (tertiary/aromatic N) is 2. The number of rotatable bonds is 4. The van der Waals surface area contributed by atoms with E-state index in [0.29, 0.717) is 18.4 Å². The van der Waals surface area contributed by atoms with Crippen molar-refractivity contribution in [1.29, 1.82) is 0 Å². The lowest BCUT2D eigenvalue weighted by Gasteiger charge is -2.38. The van der Waals surface area contributed by atoms with Crippen LogP contribution >= 0.6 is 0 Å². The summed E-state index contributed by atoms with van der Waals surface area (Å²) in [7, 11) is 0. The molecule has 2 heterocycles. The summed E-state index contributed by atoms with van der Waals surface area (Å²) in [6, 6.07) is 13.2. The second kappa shape index (κ2) is 6.61. The highest BCUT2D eigenvalue weighted by molar-refractivity contribution is 5.94. The quantitative estimate of drug-likeness (QED) is 0.770. The zero-order chi connectivity index (χ0) is 17.2. The maximum atomic E-state index is 12.6. The van der Waals surface area contributed by atoms with Crippen molar-refractivity contribution in [3.8, 4) is 0 Å². The molecule has 3 aromatic rings. The summed E-state index contributed by atoms with van der Waals surface area (Å²) in [4.78, 5) is 21.1. The topological polar surface area (TPSA) is 75.1 Å². The Morgan fingerprint density at radius 2 is 1.92 bits per heavy atom. The van der Waals surface area contributed by atoms with Gasteiger partial charge in [-0.15, -0.1) is 0 Å². The van der Waals surface area contributed by atoms with Crippen LogP contribution in [-0.2, 0) is 0 Å². The fraction of sp³-hybridized carbons (Fsp3) is 0.250. The SMILES string of the molecule is O=C(NC(c1cnc2ccccc2c1)C1CC(O)C1)c1ccncc1. The fourth-order valence-electron chi connectivity index (χ4n) is 3.36. The zero-order valence-electron chi connectivity index (χ0n) is 13.7. The van der Waals surface area contributed by atoms with Crippen LogP contribution in [0, 0.1) is 5.92 Å². The van der Waals surface area contributed by atoms with Crippen LogP contribution in [0.25, 0.3) is 10.9 Å². The number of carbonyl (C=O) groups excluding carboxylic acids is 1. The molecule has 0 spiro atoms. The predicted octanol–water partition coefficient (Wildman–Crippen LogP) is 2.87. The molecule has 0 radical (unpaired) electrons. The number of amides is 1. The van der Waals surface area contributed by atoms with E-state index in [1.807, 2.05) is 30.5 Å². The van der Waals surface area contributed by atoms with Crippen LogP contribution in [0.2, 0.25) is 0 Å². The second-order valence-electron chi connectivity index (χ2n) is 6.53. The highest BCUT2D eigenvalue weighted by Crippen LogP contribution is 2.38. The van der Waals surface area contributed by atoms with E-state index < -0.39 is 0 Å². The van der Waals surface area contributed by atoms with Gasteiger partial charge in [0.25, 0.3) is 5.91 Å². The van der Waals surface area contributed by atoms with Crippen molar-refractivity contribution < 1.29 is 9.90 Å². The molecular weight excluding hydrogens is 314 g/mol. The molecule has 25 heavy (non-hydrogen) atoms. The molecule has 5 nitrogen and oxygen atoms in total. The highest BCUT2D eigenvalue weighted by Gasteiger charge is 2.36. The van der Waals surface area contributed by atoms with Crippen molar-refractivity contribution >= 4 is 16.8 Å². The third-order valence-electron chi connectivity index (χ3n) is 4.82. The second-order valence-corrected chi connectivity index (χ2v) is 6.53. The van der Waals surface area contributed by atoms with Crippen LogP contribution in [-0.4, -0.2) is 27.1 Å². The van der Waals surface area contributed by atoms with Gasteiger partial charge in [-0.1, -0.05) is 18.2 Å². The summed E-state index contributed by atoms with van der Waals surface area (Å²) in [5.41, 5.74) is 2.48. The van der Waals surface area contributed by atoms with Gasteiger partial charge in [0, 0.05) is 29.5 Å². The Hall–Kier alpha value is -2.79. The van der Waals surface area contributed by atoms with E-state index in [-0.39, 0.29) is 24.0 Å². The number of carbonyl (C=O) groups is 1. The van der Waals surface area contributed by atoms with E-state index >= 15 is 0 Å². The number of aromatic nitrogens is 2. The van der Waals surface area contributed by atoms with Crippen LogP contribution in [0.3, 0.4) is 0 Å². The average molecular weight is 333 g/mol. The molecule has 1 amide bonds. The number of pyridine rings is 2. The van der Waals surface area contributed by atoms with Gasteiger partial charge in [0.15, 0.2) is 0 Å².